The summed E-state index contributed by atoms with van der Waals surface area (Å²) >= 11 is 3.49. The van der Waals surface area contributed by atoms with Crippen LogP contribution in [0.1, 0.15) is 24.5 Å². The van der Waals surface area contributed by atoms with E-state index < -0.39 is 17.2 Å². The van der Waals surface area contributed by atoms with Crippen LogP contribution in [0, 0.1) is 11.6 Å². The molecule has 0 radical (unpaired) electrons. The van der Waals surface area contributed by atoms with Crippen LogP contribution in [0.2, 0.25) is 0 Å². The summed E-state index contributed by atoms with van der Waals surface area (Å²) in [7, 11) is 0. The monoisotopic (exact) mass is 395 g/mol. The van der Waals surface area contributed by atoms with Gasteiger partial charge in [0.1, 0.15) is 11.6 Å². The molecule has 0 saturated carbocycles. The first-order valence-electron chi connectivity index (χ1n) is 7.49. The van der Waals surface area contributed by atoms with Gasteiger partial charge in [-0.15, -0.1) is 0 Å². The van der Waals surface area contributed by atoms with E-state index in [4.69, 9.17) is 9.57 Å². The van der Waals surface area contributed by atoms with Crippen molar-refractivity contribution in [3.05, 3.63) is 69.7 Å². The molecule has 1 unspecified atom stereocenters. The lowest BCUT2D eigenvalue weighted by atomic mass is 9.97. The molecule has 1 heterocycles. The fraction of sp³-hybridized carbons (Fsp3) is 0.278. The van der Waals surface area contributed by atoms with Gasteiger partial charge < -0.3 is 9.57 Å². The molecule has 2 aromatic rings. The molecule has 0 fully saturated rings. The van der Waals surface area contributed by atoms with E-state index >= 15 is 0 Å². The molecule has 0 N–H and O–H groups in total. The maximum absolute atomic E-state index is 13.6. The average Bonchev–Trinajstić information content (AvgIpc) is 2.93. The number of nitrogens with zero attached hydrogens (tertiary/aromatic N) is 1. The molecule has 6 heteroatoms. The maximum atomic E-state index is 13.6. The average molecular weight is 396 g/mol. The summed E-state index contributed by atoms with van der Waals surface area (Å²) < 4.78 is 33.6. The van der Waals surface area contributed by atoms with E-state index in [2.05, 4.69) is 21.1 Å². The third kappa shape index (κ3) is 3.65. The van der Waals surface area contributed by atoms with Crippen LogP contribution in [0.5, 0.6) is 0 Å². The van der Waals surface area contributed by atoms with Crippen molar-refractivity contribution in [2.24, 2.45) is 5.16 Å². The predicted octanol–water partition coefficient (Wildman–Crippen LogP) is 4.83. The summed E-state index contributed by atoms with van der Waals surface area (Å²) in [5, 5.41) is 4.14. The van der Waals surface area contributed by atoms with Crippen molar-refractivity contribution in [1.82, 2.24) is 0 Å². The summed E-state index contributed by atoms with van der Waals surface area (Å²) in [6, 6.07) is 11.5. The van der Waals surface area contributed by atoms with E-state index in [0.717, 1.165) is 15.7 Å². The summed E-state index contributed by atoms with van der Waals surface area (Å²) in [6.45, 7) is 1.89. The van der Waals surface area contributed by atoms with Crippen molar-refractivity contribution >= 4 is 21.6 Å². The SMILES string of the molecule is CC1(COCc2c(F)cccc2F)CC(c2ccccc2Br)=NO1. The maximum Gasteiger partial charge on any atom is 0.163 e. The van der Waals surface area contributed by atoms with E-state index in [-0.39, 0.29) is 18.8 Å². The highest BCUT2D eigenvalue weighted by molar-refractivity contribution is 9.10. The van der Waals surface area contributed by atoms with E-state index in [9.17, 15) is 8.78 Å². The lowest BCUT2D eigenvalue weighted by Crippen LogP contribution is -2.31. The zero-order valence-electron chi connectivity index (χ0n) is 13.1. The Kier molecular flexibility index (Phi) is 4.96. The van der Waals surface area contributed by atoms with Gasteiger partial charge in [0, 0.05) is 22.0 Å². The fourth-order valence-corrected chi connectivity index (χ4v) is 3.05. The summed E-state index contributed by atoms with van der Waals surface area (Å²) in [4.78, 5) is 5.52. The highest BCUT2D eigenvalue weighted by Crippen LogP contribution is 2.30. The predicted molar refractivity (Wildman–Crippen MR) is 90.8 cm³/mol. The molecule has 1 aliphatic heterocycles. The van der Waals surface area contributed by atoms with E-state index in [1.54, 1.807) is 0 Å². The number of benzene rings is 2. The molecule has 1 aliphatic rings. The Morgan fingerprint density at radius 1 is 1.17 bits per heavy atom. The van der Waals surface area contributed by atoms with Crippen molar-refractivity contribution < 1.29 is 18.4 Å². The molecule has 2 aromatic carbocycles. The van der Waals surface area contributed by atoms with Gasteiger partial charge >= 0.3 is 0 Å². The molecule has 1 atom stereocenters. The highest BCUT2D eigenvalue weighted by Gasteiger charge is 2.35. The fourth-order valence-electron chi connectivity index (χ4n) is 2.54. The highest BCUT2D eigenvalue weighted by atomic mass is 79.9. The molecular formula is C18H16BrF2NO2. The van der Waals surface area contributed by atoms with Crippen LogP contribution >= 0.6 is 15.9 Å². The Morgan fingerprint density at radius 3 is 2.58 bits per heavy atom. The number of halogens is 3. The topological polar surface area (TPSA) is 30.8 Å². The van der Waals surface area contributed by atoms with Gasteiger partial charge in [-0.25, -0.2) is 8.78 Å². The van der Waals surface area contributed by atoms with E-state index in [1.165, 1.54) is 18.2 Å². The Morgan fingerprint density at radius 2 is 1.88 bits per heavy atom. The number of rotatable bonds is 5. The third-order valence-corrected chi connectivity index (χ3v) is 4.51. The van der Waals surface area contributed by atoms with Crippen molar-refractivity contribution in [1.29, 1.82) is 0 Å². The largest absolute Gasteiger partial charge is 0.386 e. The second kappa shape index (κ2) is 6.99. The number of oxime groups is 1. The van der Waals surface area contributed by atoms with Crippen LogP contribution in [0.15, 0.2) is 52.1 Å². The van der Waals surface area contributed by atoms with Crippen LogP contribution in [0.25, 0.3) is 0 Å². The molecule has 0 aliphatic carbocycles. The first-order chi connectivity index (χ1) is 11.5. The smallest absolute Gasteiger partial charge is 0.163 e. The Labute approximate surface area is 147 Å². The van der Waals surface area contributed by atoms with Gasteiger partial charge in [-0.2, -0.15) is 0 Å². The molecule has 24 heavy (non-hydrogen) atoms. The molecule has 3 nitrogen and oxygen atoms in total. The number of ether oxygens (including phenoxy) is 1. The van der Waals surface area contributed by atoms with Gasteiger partial charge in [0.05, 0.1) is 18.9 Å². The summed E-state index contributed by atoms with van der Waals surface area (Å²) in [5.74, 6) is -1.23. The molecule has 0 aromatic heterocycles. The second-order valence-electron chi connectivity index (χ2n) is 5.93. The van der Waals surface area contributed by atoms with Gasteiger partial charge in [0.2, 0.25) is 0 Å². The summed E-state index contributed by atoms with van der Waals surface area (Å²) in [6.07, 6.45) is 0.551. The van der Waals surface area contributed by atoms with Crippen molar-refractivity contribution in [3.8, 4) is 0 Å². The molecule has 0 saturated heterocycles. The van der Waals surface area contributed by atoms with Crippen LogP contribution in [0.4, 0.5) is 8.78 Å². The van der Waals surface area contributed by atoms with E-state index in [1.807, 2.05) is 31.2 Å². The van der Waals surface area contributed by atoms with Crippen LogP contribution in [-0.4, -0.2) is 17.9 Å². The second-order valence-corrected chi connectivity index (χ2v) is 6.78. The lowest BCUT2D eigenvalue weighted by Gasteiger charge is -2.21. The molecular weight excluding hydrogens is 380 g/mol. The van der Waals surface area contributed by atoms with Gasteiger partial charge in [0.15, 0.2) is 5.60 Å². The first kappa shape index (κ1) is 17.0. The van der Waals surface area contributed by atoms with Gasteiger partial charge in [-0.3, -0.25) is 0 Å². The Balaban J connectivity index is 1.60. The molecule has 126 valence electrons. The van der Waals surface area contributed by atoms with Crippen molar-refractivity contribution in [2.75, 3.05) is 6.61 Å². The molecule has 0 spiro atoms. The minimum absolute atomic E-state index is 0.0777. The Hall–Kier alpha value is -1.79. The Bertz CT molecular complexity index is 761. The minimum atomic E-state index is -0.660. The normalized spacial score (nSPS) is 19.9. The minimum Gasteiger partial charge on any atom is -0.386 e. The number of hydrogen-bond donors (Lipinski definition) is 0. The van der Waals surface area contributed by atoms with Crippen molar-refractivity contribution in [2.45, 2.75) is 25.6 Å². The third-order valence-electron chi connectivity index (χ3n) is 3.82. The van der Waals surface area contributed by atoms with E-state index in [0.29, 0.717) is 6.42 Å². The molecule has 0 amide bonds. The number of hydrogen-bond acceptors (Lipinski definition) is 3. The van der Waals surface area contributed by atoms with Gasteiger partial charge in [-0.1, -0.05) is 45.4 Å². The first-order valence-corrected chi connectivity index (χ1v) is 8.28. The van der Waals surface area contributed by atoms with Crippen LogP contribution < -0.4 is 0 Å². The summed E-state index contributed by atoms with van der Waals surface area (Å²) in [5.41, 5.74) is 1.03. The zero-order valence-corrected chi connectivity index (χ0v) is 14.6. The van der Waals surface area contributed by atoms with Crippen molar-refractivity contribution in [3.63, 3.8) is 0 Å². The zero-order chi connectivity index (χ0) is 17.2. The molecule has 3 rings (SSSR count). The van der Waals surface area contributed by atoms with Gasteiger partial charge in [-0.05, 0) is 25.1 Å². The standard InChI is InChI=1S/C18H16BrF2NO2/c1-18(11-23-10-13-15(20)7-4-8-16(13)21)9-17(22-24-18)12-5-2-3-6-14(12)19/h2-8H,9-11H2,1H3. The van der Waals surface area contributed by atoms with Crippen LogP contribution in [-0.2, 0) is 16.2 Å². The quantitative estimate of drug-likeness (QED) is 0.725. The molecule has 0 bridgehead atoms. The van der Waals surface area contributed by atoms with Crippen LogP contribution in [0.3, 0.4) is 0 Å². The van der Waals surface area contributed by atoms with Gasteiger partial charge in [0.25, 0.3) is 0 Å². The lowest BCUT2D eigenvalue weighted by molar-refractivity contribution is -0.0716.